The number of hydrogen-bond donors (Lipinski definition) is 0. The van der Waals surface area contributed by atoms with Crippen molar-refractivity contribution in [2.24, 2.45) is 0 Å². The van der Waals surface area contributed by atoms with Gasteiger partial charge in [-0.05, 0) is 62.8 Å². The van der Waals surface area contributed by atoms with Crippen LogP contribution in [0.5, 0.6) is 0 Å². The third kappa shape index (κ3) is 3.90. The number of piperidine rings is 2. The van der Waals surface area contributed by atoms with Crippen molar-refractivity contribution in [1.82, 2.24) is 9.21 Å². The van der Waals surface area contributed by atoms with Crippen molar-refractivity contribution < 1.29 is 13.2 Å². The van der Waals surface area contributed by atoms with E-state index in [0.29, 0.717) is 24.7 Å². The molecular formula is C19H28N2O3S. The van der Waals surface area contributed by atoms with Crippen LogP contribution >= 0.6 is 0 Å². The summed E-state index contributed by atoms with van der Waals surface area (Å²) in [4.78, 5) is 15.0. The summed E-state index contributed by atoms with van der Waals surface area (Å²) in [6.07, 6.45) is 7.18. The Morgan fingerprint density at radius 2 is 1.64 bits per heavy atom. The Labute approximate surface area is 151 Å². The SMILES string of the molecule is CCC1CCCCN1C(=O)c1ccc(S(=O)(=O)N2CCCCC2)cc1. The maximum Gasteiger partial charge on any atom is 0.254 e. The molecule has 25 heavy (non-hydrogen) atoms. The lowest BCUT2D eigenvalue weighted by Gasteiger charge is -2.35. The number of rotatable bonds is 4. The average Bonchev–Trinajstić information content (AvgIpc) is 2.68. The minimum Gasteiger partial charge on any atom is -0.336 e. The molecule has 0 bridgehead atoms. The fourth-order valence-electron chi connectivity index (χ4n) is 3.88. The second-order valence-electron chi connectivity index (χ2n) is 7.05. The van der Waals surface area contributed by atoms with Gasteiger partial charge in [0.15, 0.2) is 0 Å². The third-order valence-electron chi connectivity index (χ3n) is 5.41. The molecule has 2 heterocycles. The van der Waals surface area contributed by atoms with Crippen LogP contribution in [0.4, 0.5) is 0 Å². The molecule has 0 saturated carbocycles. The van der Waals surface area contributed by atoms with Crippen molar-refractivity contribution in [3.05, 3.63) is 29.8 Å². The van der Waals surface area contributed by atoms with Crippen LogP contribution in [0.1, 0.15) is 62.2 Å². The molecule has 138 valence electrons. The molecule has 1 atom stereocenters. The first-order valence-corrected chi connectivity index (χ1v) is 10.9. The van der Waals surface area contributed by atoms with E-state index >= 15 is 0 Å². The second kappa shape index (κ2) is 7.87. The summed E-state index contributed by atoms with van der Waals surface area (Å²) in [5, 5.41) is 0. The van der Waals surface area contributed by atoms with Crippen molar-refractivity contribution in [3.8, 4) is 0 Å². The molecular weight excluding hydrogens is 336 g/mol. The number of carbonyl (C=O) groups is 1. The van der Waals surface area contributed by atoms with Crippen LogP contribution in [0, 0.1) is 0 Å². The van der Waals surface area contributed by atoms with Gasteiger partial charge in [0.05, 0.1) is 4.90 Å². The van der Waals surface area contributed by atoms with Gasteiger partial charge in [0.1, 0.15) is 0 Å². The zero-order valence-electron chi connectivity index (χ0n) is 15.0. The standard InChI is InChI=1S/C19H28N2O3S/c1-2-17-8-4-7-15-21(17)19(22)16-9-11-18(12-10-16)25(23,24)20-13-5-3-6-14-20/h9-12,17H,2-8,13-15H2,1H3. The summed E-state index contributed by atoms with van der Waals surface area (Å²) in [6.45, 7) is 4.10. The Balaban J connectivity index is 1.76. The van der Waals surface area contributed by atoms with E-state index in [2.05, 4.69) is 6.92 Å². The number of carbonyl (C=O) groups excluding carboxylic acids is 1. The van der Waals surface area contributed by atoms with Gasteiger partial charge < -0.3 is 4.90 Å². The van der Waals surface area contributed by atoms with E-state index in [1.54, 1.807) is 28.6 Å². The zero-order chi connectivity index (χ0) is 17.9. The van der Waals surface area contributed by atoms with E-state index in [1.807, 2.05) is 4.90 Å². The number of likely N-dealkylation sites (tertiary alicyclic amines) is 1. The van der Waals surface area contributed by atoms with Gasteiger partial charge in [-0.2, -0.15) is 4.31 Å². The molecule has 1 amide bonds. The molecule has 2 fully saturated rings. The van der Waals surface area contributed by atoms with E-state index in [9.17, 15) is 13.2 Å². The average molecular weight is 365 g/mol. The summed E-state index contributed by atoms with van der Waals surface area (Å²) in [6, 6.07) is 6.81. The van der Waals surface area contributed by atoms with Gasteiger partial charge >= 0.3 is 0 Å². The largest absolute Gasteiger partial charge is 0.336 e. The molecule has 2 saturated heterocycles. The van der Waals surface area contributed by atoms with Crippen molar-refractivity contribution in [1.29, 1.82) is 0 Å². The van der Waals surface area contributed by atoms with Gasteiger partial charge in [0.25, 0.3) is 5.91 Å². The van der Waals surface area contributed by atoms with Crippen LogP contribution in [-0.2, 0) is 10.0 Å². The maximum atomic E-state index is 12.8. The van der Waals surface area contributed by atoms with E-state index in [-0.39, 0.29) is 10.8 Å². The highest BCUT2D eigenvalue weighted by atomic mass is 32.2. The van der Waals surface area contributed by atoms with Crippen LogP contribution < -0.4 is 0 Å². The molecule has 0 aromatic heterocycles. The number of benzene rings is 1. The van der Waals surface area contributed by atoms with Gasteiger partial charge in [-0.3, -0.25) is 4.79 Å². The van der Waals surface area contributed by atoms with Crippen LogP contribution in [0.2, 0.25) is 0 Å². The smallest absolute Gasteiger partial charge is 0.254 e. The van der Waals surface area contributed by atoms with Crippen molar-refractivity contribution in [2.45, 2.75) is 62.8 Å². The minimum atomic E-state index is -3.44. The molecule has 6 heteroatoms. The summed E-state index contributed by atoms with van der Waals surface area (Å²) < 4.78 is 27.0. The molecule has 1 unspecified atom stereocenters. The first kappa shape index (κ1) is 18.4. The number of nitrogens with zero attached hydrogens (tertiary/aromatic N) is 2. The highest BCUT2D eigenvalue weighted by molar-refractivity contribution is 7.89. The Morgan fingerprint density at radius 3 is 2.28 bits per heavy atom. The Bertz CT molecular complexity index is 694. The number of sulfonamides is 1. The topological polar surface area (TPSA) is 57.7 Å². The maximum absolute atomic E-state index is 12.8. The summed E-state index contributed by atoms with van der Waals surface area (Å²) in [5.41, 5.74) is 0.581. The quantitative estimate of drug-likeness (QED) is 0.824. The Morgan fingerprint density at radius 1 is 1.00 bits per heavy atom. The van der Waals surface area contributed by atoms with Crippen molar-refractivity contribution in [2.75, 3.05) is 19.6 Å². The molecule has 1 aromatic carbocycles. The molecule has 0 N–H and O–H groups in total. The van der Waals surface area contributed by atoms with Gasteiger partial charge in [0.2, 0.25) is 10.0 Å². The fourth-order valence-corrected chi connectivity index (χ4v) is 5.40. The van der Waals surface area contributed by atoms with Crippen LogP contribution in [0.3, 0.4) is 0 Å². The number of amides is 1. The molecule has 0 spiro atoms. The summed E-state index contributed by atoms with van der Waals surface area (Å²) >= 11 is 0. The zero-order valence-corrected chi connectivity index (χ0v) is 15.8. The molecule has 2 aliphatic rings. The van der Waals surface area contributed by atoms with Gasteiger partial charge in [-0.25, -0.2) is 8.42 Å². The molecule has 2 aliphatic heterocycles. The van der Waals surface area contributed by atoms with E-state index in [1.165, 1.54) is 6.42 Å². The normalized spacial score (nSPS) is 22.8. The Kier molecular flexibility index (Phi) is 5.79. The molecule has 1 aromatic rings. The van der Waals surface area contributed by atoms with Crippen molar-refractivity contribution in [3.63, 3.8) is 0 Å². The third-order valence-corrected chi connectivity index (χ3v) is 7.33. The molecule has 3 rings (SSSR count). The predicted octanol–water partition coefficient (Wildman–Crippen LogP) is 3.27. The molecule has 0 radical (unpaired) electrons. The van der Waals surface area contributed by atoms with Gasteiger partial charge in [0, 0.05) is 31.2 Å². The minimum absolute atomic E-state index is 0.0217. The monoisotopic (exact) mass is 364 g/mol. The Hall–Kier alpha value is -1.40. The lowest BCUT2D eigenvalue weighted by Crippen LogP contribution is -2.43. The van der Waals surface area contributed by atoms with Gasteiger partial charge in [-0.1, -0.05) is 13.3 Å². The highest BCUT2D eigenvalue weighted by Gasteiger charge is 2.28. The van der Waals surface area contributed by atoms with E-state index in [4.69, 9.17) is 0 Å². The fraction of sp³-hybridized carbons (Fsp3) is 0.632. The summed E-state index contributed by atoms with van der Waals surface area (Å²) in [5.74, 6) is 0.0217. The first-order chi connectivity index (χ1) is 12.0. The first-order valence-electron chi connectivity index (χ1n) is 9.45. The van der Waals surface area contributed by atoms with Crippen LogP contribution in [0.15, 0.2) is 29.2 Å². The second-order valence-corrected chi connectivity index (χ2v) is 8.98. The number of hydrogen-bond acceptors (Lipinski definition) is 3. The summed E-state index contributed by atoms with van der Waals surface area (Å²) in [7, 11) is -3.44. The van der Waals surface area contributed by atoms with Gasteiger partial charge in [-0.15, -0.1) is 0 Å². The lowest BCUT2D eigenvalue weighted by molar-refractivity contribution is 0.0608. The lowest BCUT2D eigenvalue weighted by atomic mass is 9.99. The molecule has 5 nitrogen and oxygen atoms in total. The van der Waals surface area contributed by atoms with Crippen molar-refractivity contribution >= 4 is 15.9 Å². The predicted molar refractivity (Wildman–Crippen MR) is 98.0 cm³/mol. The van der Waals surface area contributed by atoms with E-state index < -0.39 is 10.0 Å². The van der Waals surface area contributed by atoms with Crippen LogP contribution in [0.25, 0.3) is 0 Å². The van der Waals surface area contributed by atoms with Crippen LogP contribution in [-0.4, -0.2) is 49.2 Å². The highest BCUT2D eigenvalue weighted by Crippen LogP contribution is 2.24. The molecule has 0 aliphatic carbocycles. The van der Waals surface area contributed by atoms with E-state index in [0.717, 1.165) is 45.1 Å².